The molecule has 0 aliphatic heterocycles. The van der Waals surface area contributed by atoms with Gasteiger partial charge in [0.1, 0.15) is 17.3 Å². The van der Waals surface area contributed by atoms with E-state index in [1.54, 1.807) is 26.5 Å². The van der Waals surface area contributed by atoms with E-state index in [0.717, 1.165) is 22.6 Å². The van der Waals surface area contributed by atoms with Crippen LogP contribution in [0.3, 0.4) is 0 Å². The van der Waals surface area contributed by atoms with Gasteiger partial charge in [-0.3, -0.25) is 4.79 Å². The topological polar surface area (TPSA) is 65.4 Å². The van der Waals surface area contributed by atoms with Crippen molar-refractivity contribution in [1.29, 1.82) is 0 Å². The molecule has 1 N–H and O–H groups in total. The fourth-order valence-electron chi connectivity index (χ4n) is 2.90. The summed E-state index contributed by atoms with van der Waals surface area (Å²) in [5.74, 6) is 2.15. The first-order valence-corrected chi connectivity index (χ1v) is 8.67. The highest BCUT2D eigenvalue weighted by molar-refractivity contribution is 5.93. The van der Waals surface area contributed by atoms with E-state index < -0.39 is 0 Å². The number of nitrogens with zero attached hydrogens (tertiary/aromatic N) is 2. The highest BCUT2D eigenvalue weighted by Gasteiger charge is 2.12. The largest absolute Gasteiger partial charge is 0.497 e. The van der Waals surface area contributed by atoms with Crippen LogP contribution in [0, 0.1) is 6.92 Å². The van der Waals surface area contributed by atoms with Crippen LogP contribution in [-0.4, -0.2) is 29.7 Å². The standard InChI is InChI=1S/C21H23N3O3/c1-15-22-10-11-24(15)14-17-6-4-5-7-19(17)23-21(25)12-16-8-9-18(26-2)13-20(16)27-3/h4-11,13H,12,14H2,1-3H3,(H,23,25). The summed E-state index contributed by atoms with van der Waals surface area (Å²) in [7, 11) is 3.18. The second-order valence-electron chi connectivity index (χ2n) is 6.16. The minimum atomic E-state index is -0.103. The van der Waals surface area contributed by atoms with Crippen LogP contribution >= 0.6 is 0 Å². The van der Waals surface area contributed by atoms with Gasteiger partial charge in [-0.15, -0.1) is 0 Å². The van der Waals surface area contributed by atoms with Gasteiger partial charge in [-0.25, -0.2) is 4.98 Å². The predicted molar refractivity (Wildman–Crippen MR) is 104 cm³/mol. The third-order valence-electron chi connectivity index (χ3n) is 4.40. The van der Waals surface area contributed by atoms with E-state index in [1.165, 1.54) is 0 Å². The molecule has 0 unspecified atom stereocenters. The number of hydrogen-bond acceptors (Lipinski definition) is 4. The minimum absolute atomic E-state index is 0.103. The minimum Gasteiger partial charge on any atom is -0.497 e. The third-order valence-corrected chi connectivity index (χ3v) is 4.40. The molecule has 0 aliphatic rings. The number of methoxy groups -OCH3 is 2. The Hall–Kier alpha value is -3.28. The van der Waals surface area contributed by atoms with Gasteiger partial charge in [0.05, 0.1) is 27.2 Å². The number of carbonyl (C=O) groups excluding carboxylic acids is 1. The van der Waals surface area contributed by atoms with Gasteiger partial charge in [-0.2, -0.15) is 0 Å². The van der Waals surface area contributed by atoms with Crippen LogP contribution in [0.1, 0.15) is 17.0 Å². The van der Waals surface area contributed by atoms with Gasteiger partial charge in [0.15, 0.2) is 0 Å². The van der Waals surface area contributed by atoms with Crippen molar-refractivity contribution in [2.75, 3.05) is 19.5 Å². The Morgan fingerprint density at radius 2 is 1.93 bits per heavy atom. The number of para-hydroxylation sites is 1. The van der Waals surface area contributed by atoms with Crippen molar-refractivity contribution in [3.05, 3.63) is 71.8 Å². The lowest BCUT2D eigenvalue weighted by molar-refractivity contribution is -0.115. The fourth-order valence-corrected chi connectivity index (χ4v) is 2.90. The van der Waals surface area contributed by atoms with Crippen molar-refractivity contribution in [3.8, 4) is 11.5 Å². The molecule has 0 atom stereocenters. The molecule has 0 radical (unpaired) electrons. The van der Waals surface area contributed by atoms with Crippen molar-refractivity contribution < 1.29 is 14.3 Å². The summed E-state index contributed by atoms with van der Waals surface area (Å²) in [5.41, 5.74) is 2.62. The maximum atomic E-state index is 12.6. The number of hydrogen-bond donors (Lipinski definition) is 1. The van der Waals surface area contributed by atoms with Crippen LogP contribution in [-0.2, 0) is 17.8 Å². The number of benzene rings is 2. The molecule has 2 aromatic carbocycles. The van der Waals surface area contributed by atoms with Crippen LogP contribution in [0.5, 0.6) is 11.5 Å². The van der Waals surface area contributed by atoms with E-state index >= 15 is 0 Å². The number of amides is 1. The van der Waals surface area contributed by atoms with Gasteiger partial charge in [0.2, 0.25) is 5.91 Å². The summed E-state index contributed by atoms with van der Waals surface area (Å²) in [6.45, 7) is 2.60. The van der Waals surface area contributed by atoms with Gasteiger partial charge < -0.3 is 19.4 Å². The zero-order valence-corrected chi connectivity index (χ0v) is 15.7. The molecular weight excluding hydrogens is 342 g/mol. The zero-order valence-electron chi connectivity index (χ0n) is 15.7. The highest BCUT2D eigenvalue weighted by atomic mass is 16.5. The first kappa shape index (κ1) is 18.5. The molecule has 6 heteroatoms. The number of nitrogens with one attached hydrogen (secondary N) is 1. The van der Waals surface area contributed by atoms with E-state index in [0.29, 0.717) is 18.0 Å². The average Bonchev–Trinajstić information content (AvgIpc) is 3.08. The van der Waals surface area contributed by atoms with E-state index in [4.69, 9.17) is 9.47 Å². The average molecular weight is 365 g/mol. The molecule has 0 aliphatic carbocycles. The van der Waals surface area contributed by atoms with Crippen molar-refractivity contribution in [1.82, 2.24) is 9.55 Å². The Kier molecular flexibility index (Phi) is 5.76. The van der Waals surface area contributed by atoms with Gasteiger partial charge in [0, 0.05) is 29.7 Å². The number of aryl methyl sites for hydroxylation is 1. The lowest BCUT2D eigenvalue weighted by Crippen LogP contribution is -2.16. The molecule has 0 spiro atoms. The Morgan fingerprint density at radius 1 is 1.11 bits per heavy atom. The molecule has 0 saturated heterocycles. The molecule has 0 fully saturated rings. The molecule has 3 aromatic rings. The Labute approximate surface area is 158 Å². The van der Waals surface area contributed by atoms with Crippen LogP contribution in [0.2, 0.25) is 0 Å². The highest BCUT2D eigenvalue weighted by Crippen LogP contribution is 2.25. The van der Waals surface area contributed by atoms with E-state index in [2.05, 4.69) is 10.3 Å². The maximum Gasteiger partial charge on any atom is 0.228 e. The summed E-state index contributed by atoms with van der Waals surface area (Å²) in [4.78, 5) is 16.9. The fraction of sp³-hybridized carbons (Fsp3) is 0.238. The zero-order chi connectivity index (χ0) is 19.2. The van der Waals surface area contributed by atoms with Crippen molar-refractivity contribution >= 4 is 11.6 Å². The summed E-state index contributed by atoms with van der Waals surface area (Å²) in [5, 5.41) is 3.01. The summed E-state index contributed by atoms with van der Waals surface area (Å²) in [6, 6.07) is 13.2. The van der Waals surface area contributed by atoms with Crippen molar-refractivity contribution in [2.45, 2.75) is 19.9 Å². The maximum absolute atomic E-state index is 12.6. The molecule has 1 amide bonds. The summed E-state index contributed by atoms with van der Waals surface area (Å²) in [6.07, 6.45) is 3.91. The number of aromatic nitrogens is 2. The van der Waals surface area contributed by atoms with Gasteiger partial charge in [-0.1, -0.05) is 24.3 Å². The molecule has 0 bridgehead atoms. The number of ether oxygens (including phenoxy) is 2. The molecule has 27 heavy (non-hydrogen) atoms. The molecule has 140 valence electrons. The first-order valence-electron chi connectivity index (χ1n) is 8.67. The predicted octanol–water partition coefficient (Wildman–Crippen LogP) is 3.44. The molecular formula is C21H23N3O3. The molecule has 0 saturated carbocycles. The first-order chi connectivity index (χ1) is 13.1. The second-order valence-corrected chi connectivity index (χ2v) is 6.16. The third kappa shape index (κ3) is 4.47. The molecule has 1 aromatic heterocycles. The number of imidazole rings is 1. The molecule has 1 heterocycles. The smallest absolute Gasteiger partial charge is 0.228 e. The van der Waals surface area contributed by atoms with Crippen molar-refractivity contribution in [3.63, 3.8) is 0 Å². The Balaban J connectivity index is 1.74. The van der Waals surface area contributed by atoms with Crippen LogP contribution in [0.25, 0.3) is 0 Å². The van der Waals surface area contributed by atoms with Gasteiger partial charge >= 0.3 is 0 Å². The lowest BCUT2D eigenvalue weighted by Gasteiger charge is -2.14. The van der Waals surface area contributed by atoms with E-state index in [1.807, 2.05) is 54.1 Å². The van der Waals surface area contributed by atoms with Crippen molar-refractivity contribution in [2.24, 2.45) is 0 Å². The van der Waals surface area contributed by atoms with Crippen LogP contribution < -0.4 is 14.8 Å². The van der Waals surface area contributed by atoms with E-state index in [9.17, 15) is 4.79 Å². The number of anilines is 1. The van der Waals surface area contributed by atoms with Crippen LogP contribution in [0.15, 0.2) is 54.9 Å². The Morgan fingerprint density at radius 3 is 2.63 bits per heavy atom. The van der Waals surface area contributed by atoms with Crippen LogP contribution in [0.4, 0.5) is 5.69 Å². The van der Waals surface area contributed by atoms with E-state index in [-0.39, 0.29) is 12.3 Å². The van der Waals surface area contributed by atoms with Gasteiger partial charge in [-0.05, 0) is 24.6 Å². The second kappa shape index (κ2) is 8.40. The number of rotatable bonds is 7. The summed E-state index contributed by atoms with van der Waals surface area (Å²) < 4.78 is 12.6. The van der Waals surface area contributed by atoms with Gasteiger partial charge in [0.25, 0.3) is 0 Å². The summed E-state index contributed by atoms with van der Waals surface area (Å²) >= 11 is 0. The lowest BCUT2D eigenvalue weighted by atomic mass is 10.1. The quantitative estimate of drug-likeness (QED) is 0.697. The normalized spacial score (nSPS) is 10.5. The molecule has 3 rings (SSSR count). The number of carbonyl (C=O) groups is 1. The Bertz CT molecular complexity index is 934. The SMILES string of the molecule is COc1ccc(CC(=O)Nc2ccccc2Cn2ccnc2C)c(OC)c1. The monoisotopic (exact) mass is 365 g/mol. The molecule has 6 nitrogen and oxygen atoms in total.